The third kappa shape index (κ3) is 6.57. The maximum atomic E-state index is 14.2. The van der Waals surface area contributed by atoms with E-state index in [1.165, 1.54) is 34.4 Å². The summed E-state index contributed by atoms with van der Waals surface area (Å²) >= 11 is 2.93. The number of likely N-dealkylation sites (tertiary alicyclic amines) is 1. The van der Waals surface area contributed by atoms with Gasteiger partial charge in [-0.25, -0.2) is 19.2 Å². The van der Waals surface area contributed by atoms with Gasteiger partial charge in [0, 0.05) is 39.4 Å². The molecule has 3 aromatic heterocycles. The summed E-state index contributed by atoms with van der Waals surface area (Å²) in [7, 11) is 2.10. The molecule has 0 bridgehead atoms. The van der Waals surface area contributed by atoms with Gasteiger partial charge in [-0.1, -0.05) is 22.4 Å². The number of carbonyl (C=O) groups is 1. The number of halogens is 4. The lowest BCUT2D eigenvalue weighted by molar-refractivity contribution is -0.138. The second-order valence-corrected chi connectivity index (χ2v) is 13.1. The fraction of sp³-hybridized carbons (Fsp3) is 0.424. The summed E-state index contributed by atoms with van der Waals surface area (Å²) in [5, 5.41) is 4.57. The predicted octanol–water partition coefficient (Wildman–Crippen LogP) is 5.66. The van der Waals surface area contributed by atoms with Crippen molar-refractivity contribution in [1.82, 2.24) is 34.1 Å². The highest BCUT2D eigenvalue weighted by Crippen LogP contribution is 2.36. The van der Waals surface area contributed by atoms with E-state index in [0.29, 0.717) is 35.5 Å². The van der Waals surface area contributed by atoms with Gasteiger partial charge in [0.05, 0.1) is 35.4 Å². The van der Waals surface area contributed by atoms with E-state index < -0.39 is 23.7 Å². The monoisotopic (exact) mass is 713 g/mol. The molecule has 0 N–H and O–H groups in total. The number of hydrogen-bond donors (Lipinski definition) is 0. The molecule has 4 aromatic rings. The van der Waals surface area contributed by atoms with Crippen LogP contribution in [-0.4, -0.2) is 72.3 Å². The van der Waals surface area contributed by atoms with E-state index in [0.717, 1.165) is 30.4 Å². The molecule has 47 heavy (non-hydrogen) atoms. The largest absolute Gasteiger partial charge is 0.476 e. The van der Waals surface area contributed by atoms with Gasteiger partial charge in [0.1, 0.15) is 6.61 Å². The Hall–Kier alpha value is -4.04. The van der Waals surface area contributed by atoms with Crippen molar-refractivity contribution in [2.24, 2.45) is 0 Å². The van der Waals surface area contributed by atoms with E-state index >= 15 is 0 Å². The second kappa shape index (κ2) is 12.9. The first-order valence-electron chi connectivity index (χ1n) is 15.5. The quantitative estimate of drug-likeness (QED) is 0.254. The van der Waals surface area contributed by atoms with Crippen molar-refractivity contribution in [1.29, 1.82) is 0 Å². The Bertz CT molecular complexity index is 1870. The number of aromatic nitrogens is 5. The maximum absolute atomic E-state index is 14.2. The van der Waals surface area contributed by atoms with Gasteiger partial charge in [0.2, 0.25) is 11.8 Å². The number of hydrogen-bond acceptors (Lipinski definition) is 7. The van der Waals surface area contributed by atoms with Crippen LogP contribution < -0.4 is 10.3 Å². The Morgan fingerprint density at radius 3 is 2.57 bits per heavy atom. The van der Waals surface area contributed by atoms with Crippen LogP contribution in [0.5, 0.6) is 5.88 Å². The molecule has 2 atom stereocenters. The highest BCUT2D eigenvalue weighted by atomic mass is 79.9. The smallest absolute Gasteiger partial charge is 0.417 e. The topological polar surface area (TPSA) is 98.4 Å². The summed E-state index contributed by atoms with van der Waals surface area (Å²) in [4.78, 5) is 41.0. The number of rotatable bonds is 6. The van der Waals surface area contributed by atoms with Gasteiger partial charge in [0.25, 0.3) is 11.5 Å². The molecule has 2 aliphatic rings. The number of fused-ring (bicyclic) bond motifs is 1. The highest BCUT2D eigenvalue weighted by molar-refractivity contribution is 9.10. The number of piperidine rings is 1. The molecule has 6 rings (SSSR count). The molecule has 0 radical (unpaired) electrons. The molecule has 1 fully saturated rings. The maximum Gasteiger partial charge on any atom is 0.417 e. The number of likely N-dealkylation sites (N-methyl/N-ethyl adjacent to an activating group) is 1. The van der Waals surface area contributed by atoms with Crippen LogP contribution in [0.1, 0.15) is 64.8 Å². The molecule has 0 saturated carbocycles. The van der Waals surface area contributed by atoms with E-state index in [1.54, 1.807) is 29.9 Å². The Morgan fingerprint density at radius 2 is 1.91 bits per heavy atom. The summed E-state index contributed by atoms with van der Waals surface area (Å²) < 4.78 is 49.7. The minimum atomic E-state index is -4.64. The van der Waals surface area contributed by atoms with E-state index in [4.69, 9.17) is 9.72 Å². The first kappa shape index (κ1) is 32.9. The van der Waals surface area contributed by atoms with Crippen molar-refractivity contribution in [3.8, 4) is 17.5 Å². The average molecular weight is 715 g/mol. The van der Waals surface area contributed by atoms with Gasteiger partial charge in [-0.05, 0) is 84.0 Å². The molecule has 10 nitrogen and oxygen atoms in total. The molecule has 1 aromatic carbocycles. The third-order valence-electron chi connectivity index (χ3n) is 8.90. The van der Waals surface area contributed by atoms with E-state index in [9.17, 15) is 22.8 Å². The zero-order valence-electron chi connectivity index (χ0n) is 26.5. The lowest BCUT2D eigenvalue weighted by atomic mass is 9.98. The zero-order valence-corrected chi connectivity index (χ0v) is 28.1. The van der Waals surface area contributed by atoms with Gasteiger partial charge < -0.3 is 14.5 Å². The molecular weight excluding hydrogens is 679 g/mol. The molecule has 248 valence electrons. The van der Waals surface area contributed by atoms with Crippen LogP contribution in [0.4, 0.5) is 13.2 Å². The summed E-state index contributed by atoms with van der Waals surface area (Å²) in [6, 6.07) is 8.59. The number of nitrogens with zero attached hydrogens (tertiary/aromatic N) is 7. The molecule has 14 heteroatoms. The number of benzene rings is 1. The Labute approximate surface area is 278 Å². The Kier molecular flexibility index (Phi) is 9.00. The summed E-state index contributed by atoms with van der Waals surface area (Å²) in [5.74, 6) is 0.0753. The SMILES string of the molecule is Cc1cc(C)n(-c2nc3c(c(=O)n2-c2ccc(OCC4CCCCN4C)nc2)CC(C)N(C(=O)c2ccc(Br)c(C(F)(F)F)c2)C3)n1. The normalized spacial score (nSPS) is 18.7. The van der Waals surface area contributed by atoms with Gasteiger partial charge in [-0.3, -0.25) is 9.59 Å². The van der Waals surface area contributed by atoms with E-state index in [2.05, 4.69) is 38.0 Å². The first-order chi connectivity index (χ1) is 22.3. The molecule has 0 aliphatic carbocycles. The van der Waals surface area contributed by atoms with Crippen LogP contribution in [0.15, 0.2) is 51.9 Å². The van der Waals surface area contributed by atoms with Crippen molar-refractivity contribution in [2.45, 2.75) is 71.3 Å². The molecule has 2 unspecified atom stereocenters. The predicted molar refractivity (Wildman–Crippen MR) is 172 cm³/mol. The summed E-state index contributed by atoms with van der Waals surface area (Å²) in [5.41, 5.74) is 1.32. The number of alkyl halides is 3. The highest BCUT2D eigenvalue weighted by Gasteiger charge is 2.36. The van der Waals surface area contributed by atoms with Crippen LogP contribution in [0.2, 0.25) is 0 Å². The third-order valence-corrected chi connectivity index (χ3v) is 9.59. The standard InChI is InChI=1S/C33H35BrF3N7O3/c1-19-13-21(3)44(40-19)32-39-28-17-42(30(45)22-8-10-27(34)26(15-22)33(35,36)37)20(2)14-25(28)31(46)43(32)23-9-11-29(38-16-23)47-18-24-7-5-6-12-41(24)4/h8-11,13,15-16,20,24H,5-7,12,14,17-18H2,1-4H3. The number of amides is 1. The van der Waals surface area contributed by atoms with Crippen LogP contribution in [-0.2, 0) is 19.1 Å². The number of pyridine rings is 1. The molecule has 2 aliphatic heterocycles. The molecule has 1 saturated heterocycles. The van der Waals surface area contributed by atoms with Gasteiger partial charge in [-0.15, -0.1) is 0 Å². The Balaban J connectivity index is 1.35. The van der Waals surface area contributed by atoms with Crippen molar-refractivity contribution < 1.29 is 22.7 Å². The van der Waals surface area contributed by atoms with Crippen LogP contribution in [0.3, 0.4) is 0 Å². The van der Waals surface area contributed by atoms with Crippen LogP contribution >= 0.6 is 15.9 Å². The molecular formula is C33H35BrF3N7O3. The van der Waals surface area contributed by atoms with Crippen LogP contribution in [0.25, 0.3) is 11.6 Å². The molecule has 1 amide bonds. The lowest BCUT2D eigenvalue weighted by Crippen LogP contribution is -2.46. The van der Waals surface area contributed by atoms with Gasteiger partial charge >= 0.3 is 6.18 Å². The fourth-order valence-electron chi connectivity index (χ4n) is 6.29. The van der Waals surface area contributed by atoms with Crippen molar-refractivity contribution in [3.63, 3.8) is 0 Å². The number of ether oxygens (including phenoxy) is 1. The average Bonchev–Trinajstić information content (AvgIpc) is 3.37. The molecule has 5 heterocycles. The van der Waals surface area contributed by atoms with E-state index in [-0.39, 0.29) is 34.5 Å². The van der Waals surface area contributed by atoms with Crippen molar-refractivity contribution in [3.05, 3.63) is 91.2 Å². The van der Waals surface area contributed by atoms with Crippen molar-refractivity contribution in [2.75, 3.05) is 20.2 Å². The fourth-order valence-corrected chi connectivity index (χ4v) is 6.76. The zero-order chi connectivity index (χ0) is 33.6. The van der Waals surface area contributed by atoms with Gasteiger partial charge in [0.15, 0.2) is 0 Å². The Morgan fingerprint density at radius 1 is 1.13 bits per heavy atom. The van der Waals surface area contributed by atoms with Crippen molar-refractivity contribution >= 4 is 21.8 Å². The van der Waals surface area contributed by atoms with E-state index in [1.807, 2.05) is 19.9 Å². The first-order valence-corrected chi connectivity index (χ1v) is 16.3. The summed E-state index contributed by atoms with van der Waals surface area (Å²) in [6.07, 6.45) is 0.511. The number of carbonyl (C=O) groups excluding carboxylic acids is 1. The van der Waals surface area contributed by atoms with Crippen LogP contribution in [0, 0.1) is 13.8 Å². The minimum Gasteiger partial charge on any atom is -0.476 e. The molecule has 0 spiro atoms. The second-order valence-electron chi connectivity index (χ2n) is 12.3. The number of aryl methyl sites for hydroxylation is 2. The van der Waals surface area contributed by atoms with Gasteiger partial charge in [-0.2, -0.15) is 18.3 Å². The lowest BCUT2D eigenvalue weighted by Gasteiger charge is -2.34. The summed E-state index contributed by atoms with van der Waals surface area (Å²) in [6.45, 7) is 6.94. The minimum absolute atomic E-state index is 0.0598.